The van der Waals surface area contributed by atoms with Crippen LogP contribution in [0.4, 0.5) is 4.39 Å². The van der Waals surface area contributed by atoms with Crippen molar-refractivity contribution in [2.75, 3.05) is 0 Å². The Morgan fingerprint density at radius 1 is 1.30 bits per heavy atom. The van der Waals surface area contributed by atoms with E-state index in [2.05, 4.69) is 20.3 Å². The molecule has 0 saturated heterocycles. The number of halogens is 1. The molecule has 0 spiro atoms. The van der Waals surface area contributed by atoms with Gasteiger partial charge in [0.25, 0.3) is 11.3 Å². The molecule has 0 fully saturated rings. The summed E-state index contributed by atoms with van der Waals surface area (Å²) in [4.78, 5) is 26.4. The van der Waals surface area contributed by atoms with Gasteiger partial charge in [-0.25, -0.2) is 4.39 Å². The number of carbonyl (C=O) groups is 1. The summed E-state index contributed by atoms with van der Waals surface area (Å²) in [5.74, 6) is -0.341. The molecule has 1 N–H and O–H groups in total. The molecule has 7 nitrogen and oxygen atoms in total. The molecule has 2 aromatic heterocycles. The molecule has 0 aliphatic carbocycles. The molecule has 0 aliphatic heterocycles. The van der Waals surface area contributed by atoms with Crippen molar-refractivity contribution in [3.8, 4) is 0 Å². The van der Waals surface area contributed by atoms with Gasteiger partial charge in [0.2, 0.25) is 5.16 Å². The smallest absolute Gasteiger partial charge is 0.273 e. The number of hydrogen-bond donors (Lipinski definition) is 1. The lowest BCUT2D eigenvalue weighted by molar-refractivity contribution is 0.0994. The van der Waals surface area contributed by atoms with Gasteiger partial charge < -0.3 is 0 Å². The van der Waals surface area contributed by atoms with Crippen molar-refractivity contribution in [2.24, 2.45) is 0 Å². The van der Waals surface area contributed by atoms with Crippen LogP contribution in [0.1, 0.15) is 23.0 Å². The van der Waals surface area contributed by atoms with E-state index in [1.165, 1.54) is 28.8 Å². The Kier molecular flexibility index (Phi) is 3.95. The first kappa shape index (κ1) is 15.3. The Bertz CT molecular complexity index is 934. The molecular weight excluding hydrogens is 321 g/mol. The second-order valence-corrected chi connectivity index (χ2v) is 6.20. The van der Waals surface area contributed by atoms with Crippen molar-refractivity contribution >= 4 is 23.3 Å². The molecule has 1 unspecified atom stereocenters. The number of rotatable bonds is 4. The first-order valence-corrected chi connectivity index (χ1v) is 7.62. The van der Waals surface area contributed by atoms with E-state index in [1.54, 1.807) is 13.8 Å². The van der Waals surface area contributed by atoms with Crippen molar-refractivity contribution in [3.63, 3.8) is 0 Å². The summed E-state index contributed by atoms with van der Waals surface area (Å²) >= 11 is 1.16. The maximum atomic E-state index is 12.9. The Balaban J connectivity index is 1.86. The van der Waals surface area contributed by atoms with E-state index in [-0.39, 0.29) is 22.8 Å². The number of nitrogens with one attached hydrogen (secondary N) is 1. The third-order valence-electron chi connectivity index (χ3n) is 3.20. The van der Waals surface area contributed by atoms with Gasteiger partial charge >= 0.3 is 0 Å². The van der Waals surface area contributed by atoms with Crippen LogP contribution in [0.15, 0.2) is 34.2 Å². The maximum absolute atomic E-state index is 12.9. The van der Waals surface area contributed by atoms with Gasteiger partial charge in [0, 0.05) is 5.56 Å². The van der Waals surface area contributed by atoms with E-state index >= 15 is 0 Å². The number of aryl methyl sites for hydroxylation is 1. The van der Waals surface area contributed by atoms with Crippen LogP contribution in [0.2, 0.25) is 0 Å². The number of ketones is 1. The van der Waals surface area contributed by atoms with E-state index < -0.39 is 11.1 Å². The second-order valence-electron chi connectivity index (χ2n) is 4.89. The number of thioether (sulfide) groups is 1. The number of carbonyl (C=O) groups excluding carboxylic acids is 1. The highest BCUT2D eigenvalue weighted by Crippen LogP contribution is 2.23. The number of fused-ring (bicyclic) bond motifs is 1. The Morgan fingerprint density at radius 3 is 2.70 bits per heavy atom. The number of hydrogen-bond acceptors (Lipinski definition) is 6. The van der Waals surface area contributed by atoms with E-state index in [0.717, 1.165) is 11.8 Å². The van der Waals surface area contributed by atoms with E-state index in [0.29, 0.717) is 10.7 Å². The summed E-state index contributed by atoms with van der Waals surface area (Å²) in [5.41, 5.74) is 0.353. The Morgan fingerprint density at radius 2 is 2.00 bits per heavy atom. The van der Waals surface area contributed by atoms with Gasteiger partial charge in [0.05, 0.1) is 5.25 Å². The molecule has 118 valence electrons. The fourth-order valence-electron chi connectivity index (χ4n) is 1.95. The number of H-pyrrole nitrogens is 1. The van der Waals surface area contributed by atoms with E-state index in [1.807, 2.05) is 0 Å². The molecule has 0 saturated carbocycles. The lowest BCUT2D eigenvalue weighted by atomic mass is 10.1. The highest BCUT2D eigenvalue weighted by atomic mass is 32.2. The normalized spacial score (nSPS) is 12.5. The molecule has 0 aliphatic rings. The lowest BCUT2D eigenvalue weighted by Gasteiger charge is -2.08. The number of nitrogens with zero attached hydrogens (tertiary/aromatic N) is 4. The standard InChI is InChI=1S/C14H12FN5O2S/c1-7-12(22)16-13-17-18-14(20(13)19-7)23-8(2)11(21)9-3-5-10(15)6-4-9/h3-6,8H,1-2H3,(H,16,17,22). The van der Waals surface area contributed by atoms with E-state index in [9.17, 15) is 14.0 Å². The van der Waals surface area contributed by atoms with Crippen molar-refractivity contribution in [1.29, 1.82) is 0 Å². The predicted octanol–water partition coefficient (Wildman–Crippen LogP) is 1.62. The zero-order valence-corrected chi connectivity index (χ0v) is 13.1. The summed E-state index contributed by atoms with van der Waals surface area (Å²) in [6.07, 6.45) is 0. The van der Waals surface area contributed by atoms with Crippen LogP contribution in [0.3, 0.4) is 0 Å². The van der Waals surface area contributed by atoms with Gasteiger partial charge in [-0.15, -0.1) is 10.2 Å². The van der Waals surface area contributed by atoms with Crippen LogP contribution in [-0.4, -0.2) is 35.8 Å². The van der Waals surface area contributed by atoms with Gasteiger partial charge in [-0.2, -0.15) is 9.61 Å². The molecule has 0 bridgehead atoms. The molecular formula is C14H12FN5O2S. The van der Waals surface area contributed by atoms with Crippen LogP contribution < -0.4 is 5.56 Å². The number of aromatic nitrogens is 5. The zero-order valence-electron chi connectivity index (χ0n) is 12.3. The van der Waals surface area contributed by atoms with Crippen molar-refractivity contribution < 1.29 is 9.18 Å². The summed E-state index contributed by atoms with van der Waals surface area (Å²) in [5, 5.41) is 11.8. The molecule has 2 heterocycles. The van der Waals surface area contributed by atoms with Crippen molar-refractivity contribution in [3.05, 3.63) is 51.7 Å². The quantitative estimate of drug-likeness (QED) is 0.576. The largest absolute Gasteiger partial charge is 0.293 e. The fourth-order valence-corrected chi connectivity index (χ4v) is 2.83. The fraction of sp³-hybridized carbons (Fsp3) is 0.214. The summed E-state index contributed by atoms with van der Waals surface area (Å²) in [6.45, 7) is 3.29. The molecule has 1 atom stereocenters. The van der Waals surface area contributed by atoms with Crippen molar-refractivity contribution in [1.82, 2.24) is 24.8 Å². The van der Waals surface area contributed by atoms with Gasteiger partial charge in [-0.1, -0.05) is 11.8 Å². The van der Waals surface area contributed by atoms with Crippen LogP contribution in [0.5, 0.6) is 0 Å². The number of benzene rings is 1. The third-order valence-corrected chi connectivity index (χ3v) is 4.23. The van der Waals surface area contributed by atoms with Crippen LogP contribution in [-0.2, 0) is 0 Å². The van der Waals surface area contributed by atoms with Gasteiger partial charge in [-0.3, -0.25) is 14.6 Å². The minimum Gasteiger partial charge on any atom is -0.293 e. The molecule has 0 radical (unpaired) electrons. The monoisotopic (exact) mass is 333 g/mol. The number of aromatic amines is 1. The minimum absolute atomic E-state index is 0.159. The second kappa shape index (κ2) is 5.92. The molecule has 9 heteroatoms. The van der Waals surface area contributed by atoms with Crippen LogP contribution in [0, 0.1) is 12.7 Å². The minimum atomic E-state index is -0.470. The zero-order chi connectivity index (χ0) is 16.6. The average Bonchev–Trinajstić information content (AvgIpc) is 2.90. The number of Topliss-reactive ketones (excluding diaryl/α,β-unsaturated/α-hetero) is 1. The van der Waals surface area contributed by atoms with E-state index in [4.69, 9.17) is 0 Å². The molecule has 1 aromatic carbocycles. The first-order valence-electron chi connectivity index (χ1n) is 6.74. The van der Waals surface area contributed by atoms with Crippen molar-refractivity contribution in [2.45, 2.75) is 24.3 Å². The topological polar surface area (TPSA) is 93.0 Å². The highest BCUT2D eigenvalue weighted by molar-refractivity contribution is 8.00. The van der Waals surface area contributed by atoms with Gasteiger partial charge in [0.15, 0.2) is 5.78 Å². The highest BCUT2D eigenvalue weighted by Gasteiger charge is 2.20. The van der Waals surface area contributed by atoms with Gasteiger partial charge in [0.1, 0.15) is 11.5 Å². The Hall–Kier alpha value is -2.55. The van der Waals surface area contributed by atoms with Crippen LogP contribution in [0.25, 0.3) is 5.78 Å². The van der Waals surface area contributed by atoms with Crippen LogP contribution >= 0.6 is 11.8 Å². The lowest BCUT2D eigenvalue weighted by Crippen LogP contribution is -2.17. The third kappa shape index (κ3) is 3.00. The average molecular weight is 333 g/mol. The maximum Gasteiger partial charge on any atom is 0.273 e. The molecule has 23 heavy (non-hydrogen) atoms. The molecule has 3 aromatic rings. The predicted molar refractivity (Wildman–Crippen MR) is 82.2 cm³/mol. The summed E-state index contributed by atoms with van der Waals surface area (Å²) in [7, 11) is 0. The molecule has 3 rings (SSSR count). The summed E-state index contributed by atoms with van der Waals surface area (Å²) < 4.78 is 14.3. The SMILES string of the molecule is Cc1nn2c(SC(C)C(=O)c3ccc(F)cc3)nnc2[nH]c1=O. The first-order chi connectivity index (χ1) is 11.0. The Labute approximate surface area is 133 Å². The molecule has 0 amide bonds. The summed E-state index contributed by atoms with van der Waals surface area (Å²) in [6, 6.07) is 5.37. The van der Waals surface area contributed by atoms with Gasteiger partial charge in [-0.05, 0) is 38.1 Å².